The lowest BCUT2D eigenvalue weighted by Crippen LogP contribution is -1.95. The molecule has 3 aromatic heterocycles. The van der Waals surface area contributed by atoms with Crippen molar-refractivity contribution >= 4 is 65.6 Å². The summed E-state index contributed by atoms with van der Waals surface area (Å²) in [5, 5.41) is 7.29. The monoisotopic (exact) mass is 726 g/mol. The van der Waals surface area contributed by atoms with Gasteiger partial charge in [0.25, 0.3) is 0 Å². The third kappa shape index (κ3) is 4.99. The van der Waals surface area contributed by atoms with Gasteiger partial charge in [0.05, 0.1) is 22.1 Å². The van der Waals surface area contributed by atoms with Crippen LogP contribution in [0.1, 0.15) is 0 Å². The van der Waals surface area contributed by atoms with Gasteiger partial charge in [-0.1, -0.05) is 133 Å². The Morgan fingerprint density at radius 3 is 1.35 bits per heavy atom. The predicted molar refractivity (Wildman–Crippen MR) is 239 cm³/mol. The number of benzene rings is 9. The Morgan fingerprint density at radius 2 is 0.684 bits per heavy atom. The molecule has 12 aromatic rings. The van der Waals surface area contributed by atoms with E-state index < -0.39 is 0 Å². The first-order valence-electron chi connectivity index (χ1n) is 19.5. The van der Waals surface area contributed by atoms with E-state index in [9.17, 15) is 0 Å². The quantitative estimate of drug-likeness (QED) is 0.173. The summed E-state index contributed by atoms with van der Waals surface area (Å²) in [6.07, 6.45) is 0. The summed E-state index contributed by atoms with van der Waals surface area (Å²) < 4.78 is 11.1. The molecule has 0 N–H and O–H groups in total. The van der Waals surface area contributed by atoms with Crippen LogP contribution in [0.4, 0.5) is 0 Å². The number of furan rings is 1. The number of fused-ring (bicyclic) bond motifs is 9. The van der Waals surface area contributed by atoms with Crippen molar-refractivity contribution in [2.75, 3.05) is 0 Å². The van der Waals surface area contributed by atoms with E-state index in [0.717, 1.165) is 44.4 Å². The predicted octanol–water partition coefficient (Wildman–Crippen LogP) is 14.8. The normalized spacial score (nSPS) is 11.9. The Labute approximate surface area is 328 Å². The third-order valence-electron chi connectivity index (χ3n) is 11.7. The van der Waals surface area contributed by atoms with Gasteiger partial charge in [0.1, 0.15) is 11.2 Å². The molecule has 0 saturated carbocycles. The molecule has 9 aromatic carbocycles. The Kier molecular flexibility index (Phi) is 6.93. The maximum atomic E-state index is 6.24. The van der Waals surface area contributed by atoms with Gasteiger partial charge in [-0.3, -0.25) is 0 Å². The van der Waals surface area contributed by atoms with E-state index in [0.29, 0.717) is 0 Å². The Morgan fingerprint density at radius 1 is 0.246 bits per heavy atom. The van der Waals surface area contributed by atoms with Crippen LogP contribution in [0.3, 0.4) is 0 Å². The molecule has 266 valence electrons. The van der Waals surface area contributed by atoms with Gasteiger partial charge in [0.15, 0.2) is 0 Å². The van der Waals surface area contributed by atoms with Crippen LogP contribution in [0.15, 0.2) is 211 Å². The number of para-hydroxylation sites is 4. The summed E-state index contributed by atoms with van der Waals surface area (Å²) in [4.78, 5) is 0. The average molecular weight is 727 g/mol. The molecule has 0 fully saturated rings. The van der Waals surface area contributed by atoms with E-state index in [4.69, 9.17) is 4.42 Å². The highest BCUT2D eigenvalue weighted by molar-refractivity contribution is 6.12. The molecule has 0 aliphatic carbocycles. The summed E-state index contributed by atoms with van der Waals surface area (Å²) in [5.74, 6) is 0. The molecule has 0 bridgehead atoms. The standard InChI is InChI=1S/C54H34N2O/c1-2-15-41(16-3-1)55-49-21-7-4-18-43(49)45-27-24-38(32-51(45)55)39-25-28-46-44-19-5-8-22-50(44)56(52(46)33-39)42-17-11-14-37(31-42)35-12-10-13-36(30-35)40-26-29-48-47-20-6-9-23-53(47)57-54(48)34-40/h1-34H. The lowest BCUT2D eigenvalue weighted by molar-refractivity contribution is 0.669. The molecule has 0 aliphatic rings. The van der Waals surface area contributed by atoms with Crippen LogP contribution in [0.2, 0.25) is 0 Å². The van der Waals surface area contributed by atoms with Gasteiger partial charge in [0.2, 0.25) is 0 Å². The van der Waals surface area contributed by atoms with Crippen LogP contribution in [0.5, 0.6) is 0 Å². The van der Waals surface area contributed by atoms with Crippen molar-refractivity contribution < 1.29 is 4.42 Å². The van der Waals surface area contributed by atoms with Crippen molar-refractivity contribution in [3.05, 3.63) is 206 Å². The second-order valence-corrected chi connectivity index (χ2v) is 14.9. The zero-order valence-corrected chi connectivity index (χ0v) is 30.9. The highest BCUT2D eigenvalue weighted by Crippen LogP contribution is 2.39. The highest BCUT2D eigenvalue weighted by atomic mass is 16.3. The smallest absolute Gasteiger partial charge is 0.136 e. The molecule has 0 aliphatic heterocycles. The zero-order valence-electron chi connectivity index (χ0n) is 30.9. The van der Waals surface area contributed by atoms with Crippen LogP contribution in [-0.2, 0) is 0 Å². The van der Waals surface area contributed by atoms with Crippen molar-refractivity contribution in [1.29, 1.82) is 0 Å². The number of rotatable bonds is 5. The lowest BCUT2D eigenvalue weighted by Gasteiger charge is -2.12. The lowest BCUT2D eigenvalue weighted by atomic mass is 9.98. The van der Waals surface area contributed by atoms with E-state index in [1.165, 1.54) is 65.9 Å². The van der Waals surface area contributed by atoms with E-state index >= 15 is 0 Å². The van der Waals surface area contributed by atoms with Crippen LogP contribution < -0.4 is 0 Å². The average Bonchev–Trinajstić information content (AvgIpc) is 3.93. The van der Waals surface area contributed by atoms with Crippen LogP contribution >= 0.6 is 0 Å². The fourth-order valence-corrected chi connectivity index (χ4v) is 9.04. The highest BCUT2D eigenvalue weighted by Gasteiger charge is 2.17. The maximum Gasteiger partial charge on any atom is 0.136 e. The van der Waals surface area contributed by atoms with Gasteiger partial charge in [-0.25, -0.2) is 0 Å². The molecule has 3 heteroatoms. The Hall–Kier alpha value is -7.62. The van der Waals surface area contributed by atoms with Gasteiger partial charge in [-0.2, -0.15) is 0 Å². The molecule has 0 saturated heterocycles. The minimum atomic E-state index is 0.908. The summed E-state index contributed by atoms with van der Waals surface area (Å²) in [6.45, 7) is 0. The first kappa shape index (κ1) is 31.7. The summed E-state index contributed by atoms with van der Waals surface area (Å²) in [5.41, 5.74) is 15.9. The summed E-state index contributed by atoms with van der Waals surface area (Å²) in [7, 11) is 0. The van der Waals surface area contributed by atoms with Gasteiger partial charge in [-0.15, -0.1) is 0 Å². The summed E-state index contributed by atoms with van der Waals surface area (Å²) >= 11 is 0. The Balaban J connectivity index is 0.982. The number of aromatic nitrogens is 2. The molecule has 57 heavy (non-hydrogen) atoms. The molecule has 0 radical (unpaired) electrons. The molecule has 0 atom stereocenters. The van der Waals surface area contributed by atoms with Crippen LogP contribution in [0, 0.1) is 0 Å². The Bertz CT molecular complexity index is 3530. The fourth-order valence-electron chi connectivity index (χ4n) is 9.04. The molecular formula is C54H34N2O. The molecule has 0 unspecified atom stereocenters. The molecule has 0 spiro atoms. The van der Waals surface area contributed by atoms with Crippen molar-refractivity contribution in [3.63, 3.8) is 0 Å². The maximum absolute atomic E-state index is 6.24. The van der Waals surface area contributed by atoms with Gasteiger partial charge in [0, 0.05) is 43.7 Å². The van der Waals surface area contributed by atoms with Crippen molar-refractivity contribution in [2.24, 2.45) is 0 Å². The van der Waals surface area contributed by atoms with Gasteiger partial charge < -0.3 is 13.6 Å². The van der Waals surface area contributed by atoms with Gasteiger partial charge >= 0.3 is 0 Å². The largest absolute Gasteiger partial charge is 0.456 e. The molecule has 0 amide bonds. The summed E-state index contributed by atoms with van der Waals surface area (Å²) in [6, 6.07) is 74.6. The first-order chi connectivity index (χ1) is 28.2. The SMILES string of the molecule is c1ccc(-n2c3ccccc3c3ccc(-c4ccc5c6ccccc6n(-c6cccc(-c7cccc(-c8ccc9c(c8)oc8ccccc89)c7)c6)c5c4)cc32)cc1. The van der Waals surface area contributed by atoms with Crippen molar-refractivity contribution in [3.8, 4) is 44.8 Å². The zero-order chi connectivity index (χ0) is 37.5. The van der Waals surface area contributed by atoms with Crippen LogP contribution in [0.25, 0.3) is 110 Å². The second-order valence-electron chi connectivity index (χ2n) is 14.9. The minimum absolute atomic E-state index is 0.908. The minimum Gasteiger partial charge on any atom is -0.456 e. The number of hydrogen-bond donors (Lipinski definition) is 0. The van der Waals surface area contributed by atoms with Gasteiger partial charge in [-0.05, 0) is 106 Å². The van der Waals surface area contributed by atoms with E-state index in [1.54, 1.807) is 0 Å². The fraction of sp³-hybridized carbons (Fsp3) is 0. The van der Waals surface area contributed by atoms with E-state index in [1.807, 2.05) is 12.1 Å². The van der Waals surface area contributed by atoms with E-state index in [2.05, 4.69) is 203 Å². The third-order valence-corrected chi connectivity index (χ3v) is 11.7. The molecular weight excluding hydrogens is 693 g/mol. The van der Waals surface area contributed by atoms with E-state index in [-0.39, 0.29) is 0 Å². The molecule has 3 nitrogen and oxygen atoms in total. The van der Waals surface area contributed by atoms with Crippen LogP contribution in [-0.4, -0.2) is 9.13 Å². The number of nitrogens with zero attached hydrogens (tertiary/aromatic N) is 2. The second kappa shape index (κ2) is 12.5. The number of hydrogen-bond acceptors (Lipinski definition) is 1. The van der Waals surface area contributed by atoms with Crippen molar-refractivity contribution in [2.45, 2.75) is 0 Å². The topological polar surface area (TPSA) is 23.0 Å². The first-order valence-corrected chi connectivity index (χ1v) is 19.5. The van der Waals surface area contributed by atoms with Crippen molar-refractivity contribution in [1.82, 2.24) is 9.13 Å². The molecule has 3 heterocycles. The molecule has 12 rings (SSSR count).